The van der Waals surface area contributed by atoms with E-state index in [0.717, 1.165) is 12.8 Å². The van der Waals surface area contributed by atoms with Crippen molar-refractivity contribution < 1.29 is 14.3 Å². The summed E-state index contributed by atoms with van der Waals surface area (Å²) in [6.07, 6.45) is 3.11. The van der Waals surface area contributed by atoms with E-state index in [9.17, 15) is 5.11 Å². The lowest BCUT2D eigenvalue weighted by Gasteiger charge is -2.18. The van der Waals surface area contributed by atoms with Crippen LogP contribution in [0.4, 0.5) is 0 Å². The average Bonchev–Trinajstić information content (AvgIpc) is 2.79. The molecule has 4 nitrogen and oxygen atoms in total. The van der Waals surface area contributed by atoms with Gasteiger partial charge in [0, 0.05) is 19.7 Å². The molecule has 0 aromatic carbocycles. The van der Waals surface area contributed by atoms with Crippen LogP contribution in [0.3, 0.4) is 0 Å². The van der Waals surface area contributed by atoms with E-state index >= 15 is 0 Å². The first-order valence-corrected chi connectivity index (χ1v) is 5.71. The molecule has 0 amide bonds. The number of aliphatic hydroxyl groups is 1. The number of hydrogen-bond acceptors (Lipinski definition) is 4. The van der Waals surface area contributed by atoms with Crippen LogP contribution in [0.15, 0.2) is 22.8 Å². The number of methoxy groups -OCH3 is 1. The van der Waals surface area contributed by atoms with Gasteiger partial charge in [-0.05, 0) is 18.6 Å². The molecule has 16 heavy (non-hydrogen) atoms. The molecular weight excluding hydrogens is 206 g/mol. The number of hydrogen-bond donors (Lipinski definition) is 2. The maximum atomic E-state index is 9.80. The maximum absolute atomic E-state index is 9.80. The molecule has 1 rings (SSSR count). The lowest BCUT2D eigenvalue weighted by Crippen LogP contribution is -2.36. The van der Waals surface area contributed by atoms with Crippen LogP contribution in [0, 0.1) is 0 Å². The van der Waals surface area contributed by atoms with Gasteiger partial charge < -0.3 is 19.6 Å². The Balaban J connectivity index is 2.30. The number of rotatable bonds is 8. The van der Waals surface area contributed by atoms with Crippen molar-refractivity contribution in [1.82, 2.24) is 5.32 Å². The third kappa shape index (κ3) is 4.35. The van der Waals surface area contributed by atoms with E-state index in [1.165, 1.54) is 0 Å². The van der Waals surface area contributed by atoms with E-state index in [-0.39, 0.29) is 0 Å². The molecule has 0 aliphatic carbocycles. The van der Waals surface area contributed by atoms with Gasteiger partial charge in [-0.15, -0.1) is 0 Å². The Morgan fingerprint density at radius 2 is 2.38 bits per heavy atom. The van der Waals surface area contributed by atoms with E-state index in [0.29, 0.717) is 25.0 Å². The fourth-order valence-corrected chi connectivity index (χ4v) is 1.65. The second-order valence-corrected chi connectivity index (χ2v) is 3.88. The second-order valence-electron chi connectivity index (χ2n) is 3.88. The van der Waals surface area contributed by atoms with Crippen molar-refractivity contribution in [2.75, 3.05) is 20.3 Å². The van der Waals surface area contributed by atoms with Crippen LogP contribution in [-0.4, -0.2) is 31.4 Å². The standard InChI is InChI=1S/C12H21NO3/c1-3-5-10(9-15-2)13-8-11(14)12-6-4-7-16-12/h4,6-7,10-11,13-14H,3,5,8-9H2,1-2H3. The van der Waals surface area contributed by atoms with Crippen molar-refractivity contribution in [3.05, 3.63) is 24.2 Å². The number of ether oxygens (including phenoxy) is 1. The normalized spacial score (nSPS) is 14.9. The minimum Gasteiger partial charge on any atom is -0.467 e. The van der Waals surface area contributed by atoms with Crippen molar-refractivity contribution in [2.45, 2.75) is 31.9 Å². The Morgan fingerprint density at radius 3 is 2.94 bits per heavy atom. The molecule has 0 fully saturated rings. The minimum atomic E-state index is -0.591. The van der Waals surface area contributed by atoms with Gasteiger partial charge in [-0.2, -0.15) is 0 Å². The molecule has 0 aliphatic rings. The molecule has 0 radical (unpaired) electrons. The van der Waals surface area contributed by atoms with Crippen LogP contribution in [0.1, 0.15) is 31.6 Å². The highest BCUT2D eigenvalue weighted by molar-refractivity contribution is 5.02. The van der Waals surface area contributed by atoms with Gasteiger partial charge in [-0.3, -0.25) is 0 Å². The number of furan rings is 1. The fraction of sp³-hybridized carbons (Fsp3) is 0.667. The average molecular weight is 227 g/mol. The molecule has 4 heteroatoms. The van der Waals surface area contributed by atoms with E-state index in [2.05, 4.69) is 12.2 Å². The highest BCUT2D eigenvalue weighted by Crippen LogP contribution is 2.12. The fourth-order valence-electron chi connectivity index (χ4n) is 1.65. The lowest BCUT2D eigenvalue weighted by atomic mass is 10.1. The highest BCUT2D eigenvalue weighted by Gasteiger charge is 2.13. The van der Waals surface area contributed by atoms with Crippen LogP contribution in [0.5, 0.6) is 0 Å². The van der Waals surface area contributed by atoms with Gasteiger partial charge in [0.25, 0.3) is 0 Å². The zero-order valence-corrected chi connectivity index (χ0v) is 9.98. The Labute approximate surface area is 96.6 Å². The predicted octanol–water partition coefficient (Wildman–Crippen LogP) is 1.72. The maximum Gasteiger partial charge on any atom is 0.133 e. The summed E-state index contributed by atoms with van der Waals surface area (Å²) in [4.78, 5) is 0. The molecule has 92 valence electrons. The van der Waals surface area contributed by atoms with Crippen LogP contribution < -0.4 is 5.32 Å². The molecule has 0 spiro atoms. The molecule has 2 unspecified atom stereocenters. The zero-order chi connectivity index (χ0) is 11.8. The summed E-state index contributed by atoms with van der Waals surface area (Å²) in [6.45, 7) is 3.29. The Bertz CT molecular complexity index is 255. The summed E-state index contributed by atoms with van der Waals surface area (Å²) in [5.74, 6) is 0.597. The van der Waals surface area contributed by atoms with Gasteiger partial charge >= 0.3 is 0 Å². The van der Waals surface area contributed by atoms with E-state index in [1.54, 1.807) is 25.5 Å². The molecule has 0 aliphatic heterocycles. The number of aliphatic hydroxyl groups excluding tert-OH is 1. The van der Waals surface area contributed by atoms with Crippen LogP contribution in [0.2, 0.25) is 0 Å². The molecule has 2 N–H and O–H groups in total. The smallest absolute Gasteiger partial charge is 0.133 e. The van der Waals surface area contributed by atoms with E-state index in [4.69, 9.17) is 9.15 Å². The Kier molecular flexibility index (Phi) is 6.15. The summed E-state index contributed by atoms with van der Waals surface area (Å²) in [5.41, 5.74) is 0. The van der Waals surface area contributed by atoms with Gasteiger partial charge in [0.15, 0.2) is 0 Å². The van der Waals surface area contributed by atoms with Crippen LogP contribution in [0.25, 0.3) is 0 Å². The SMILES string of the molecule is CCCC(COC)NCC(O)c1ccco1. The van der Waals surface area contributed by atoms with Crippen molar-refractivity contribution in [3.63, 3.8) is 0 Å². The first-order chi connectivity index (χ1) is 7.77. The molecule has 1 heterocycles. The van der Waals surface area contributed by atoms with Gasteiger partial charge in [0.05, 0.1) is 12.9 Å². The second kappa shape index (κ2) is 7.44. The Hall–Kier alpha value is -0.840. The minimum absolute atomic E-state index is 0.291. The van der Waals surface area contributed by atoms with Gasteiger partial charge in [0.2, 0.25) is 0 Å². The number of nitrogens with one attached hydrogen (secondary N) is 1. The third-order valence-electron chi connectivity index (χ3n) is 2.48. The van der Waals surface area contributed by atoms with Crippen molar-refractivity contribution in [1.29, 1.82) is 0 Å². The molecule has 0 bridgehead atoms. The summed E-state index contributed by atoms with van der Waals surface area (Å²) < 4.78 is 10.2. The quantitative estimate of drug-likeness (QED) is 0.710. The molecule has 2 atom stereocenters. The van der Waals surface area contributed by atoms with Crippen molar-refractivity contribution in [2.24, 2.45) is 0 Å². The summed E-state index contributed by atoms with van der Waals surface area (Å²) in [6, 6.07) is 3.84. The molecule has 1 aromatic rings. The van der Waals surface area contributed by atoms with E-state index < -0.39 is 6.10 Å². The molecule has 1 aromatic heterocycles. The van der Waals surface area contributed by atoms with Gasteiger partial charge in [-0.1, -0.05) is 13.3 Å². The summed E-state index contributed by atoms with van der Waals surface area (Å²) >= 11 is 0. The monoisotopic (exact) mass is 227 g/mol. The first kappa shape index (κ1) is 13.2. The molecule has 0 saturated carbocycles. The lowest BCUT2D eigenvalue weighted by molar-refractivity contribution is 0.122. The molecule has 0 saturated heterocycles. The van der Waals surface area contributed by atoms with Gasteiger partial charge in [0.1, 0.15) is 11.9 Å². The Morgan fingerprint density at radius 1 is 1.56 bits per heavy atom. The van der Waals surface area contributed by atoms with Crippen molar-refractivity contribution >= 4 is 0 Å². The van der Waals surface area contributed by atoms with Gasteiger partial charge in [-0.25, -0.2) is 0 Å². The topological polar surface area (TPSA) is 54.6 Å². The predicted molar refractivity (Wildman–Crippen MR) is 62.2 cm³/mol. The third-order valence-corrected chi connectivity index (χ3v) is 2.48. The first-order valence-electron chi connectivity index (χ1n) is 5.71. The van der Waals surface area contributed by atoms with E-state index in [1.807, 2.05) is 0 Å². The highest BCUT2D eigenvalue weighted by atomic mass is 16.5. The summed E-state index contributed by atoms with van der Waals surface area (Å²) in [5, 5.41) is 13.1. The van der Waals surface area contributed by atoms with Crippen molar-refractivity contribution in [3.8, 4) is 0 Å². The van der Waals surface area contributed by atoms with Crippen LogP contribution >= 0.6 is 0 Å². The summed E-state index contributed by atoms with van der Waals surface area (Å²) in [7, 11) is 1.69. The van der Waals surface area contributed by atoms with Crippen LogP contribution in [-0.2, 0) is 4.74 Å². The molecular formula is C12H21NO3. The zero-order valence-electron chi connectivity index (χ0n) is 9.98. The largest absolute Gasteiger partial charge is 0.467 e.